The molecule has 9 nitrogen and oxygen atoms in total. The average molecular weight is 502 g/mol. The maximum Gasteiger partial charge on any atom is 0.192 e. The Morgan fingerprint density at radius 2 is 1.85 bits per heavy atom. The standard InChI is InChI=1S/C23H31N7O2S2/c1-14-21(15(2)34-23-27-19(24)13-20(25)28-23)29-22(33-14)16-4-5-17(31-3)18(12-16)32-11-10-30-8-6-26-7-9-30/h4-5,12-13,15,26H,6-11H2,1-3H3,(H4,24,25,27,28)/t15-/m0/s1. The van der Waals surface area contributed by atoms with Gasteiger partial charge in [0.2, 0.25) is 0 Å². The minimum Gasteiger partial charge on any atom is -0.493 e. The van der Waals surface area contributed by atoms with Crippen LogP contribution in [0.4, 0.5) is 11.6 Å². The summed E-state index contributed by atoms with van der Waals surface area (Å²) in [7, 11) is 1.66. The Morgan fingerprint density at radius 1 is 1.12 bits per heavy atom. The molecule has 5 N–H and O–H groups in total. The number of hydrogen-bond acceptors (Lipinski definition) is 11. The number of thiazole rings is 1. The van der Waals surface area contributed by atoms with E-state index in [4.69, 9.17) is 25.9 Å². The van der Waals surface area contributed by atoms with Crippen LogP contribution >= 0.6 is 23.1 Å². The first-order valence-corrected chi connectivity index (χ1v) is 12.9. The second-order valence-corrected chi connectivity index (χ2v) is 10.5. The molecule has 1 aliphatic heterocycles. The SMILES string of the molecule is COc1ccc(-c2nc([C@H](C)Sc3nc(N)cc(N)n3)c(C)s2)cc1OCCN1CCNCC1. The van der Waals surface area contributed by atoms with Crippen LogP contribution in [0.5, 0.6) is 11.5 Å². The van der Waals surface area contributed by atoms with E-state index in [0.717, 1.165) is 65.4 Å². The maximum atomic E-state index is 6.12. The summed E-state index contributed by atoms with van der Waals surface area (Å²) in [4.78, 5) is 17.0. The number of methoxy groups -OCH3 is 1. The van der Waals surface area contributed by atoms with E-state index < -0.39 is 0 Å². The highest BCUT2D eigenvalue weighted by Gasteiger charge is 2.19. The molecule has 1 saturated heterocycles. The highest BCUT2D eigenvalue weighted by atomic mass is 32.2. The minimum absolute atomic E-state index is 0.0409. The van der Waals surface area contributed by atoms with Crippen LogP contribution in [-0.2, 0) is 0 Å². The number of nitrogen functional groups attached to an aromatic ring is 2. The van der Waals surface area contributed by atoms with E-state index in [1.54, 1.807) is 24.5 Å². The Hall–Kier alpha value is -2.60. The molecule has 1 atom stereocenters. The fraction of sp³-hybridized carbons (Fsp3) is 0.435. The van der Waals surface area contributed by atoms with Gasteiger partial charge in [-0.15, -0.1) is 11.3 Å². The summed E-state index contributed by atoms with van der Waals surface area (Å²) in [6.07, 6.45) is 0. The van der Waals surface area contributed by atoms with Crippen molar-refractivity contribution in [1.29, 1.82) is 0 Å². The maximum absolute atomic E-state index is 6.12. The number of benzene rings is 1. The van der Waals surface area contributed by atoms with Crippen molar-refractivity contribution in [2.45, 2.75) is 24.3 Å². The van der Waals surface area contributed by atoms with Crippen molar-refractivity contribution >= 4 is 34.7 Å². The summed E-state index contributed by atoms with van der Waals surface area (Å²) in [5, 5.41) is 4.89. The molecule has 1 fully saturated rings. The van der Waals surface area contributed by atoms with Crippen LogP contribution in [0.15, 0.2) is 29.4 Å². The molecule has 2 aromatic heterocycles. The van der Waals surface area contributed by atoms with Gasteiger partial charge in [-0.2, -0.15) is 0 Å². The Kier molecular flexibility index (Phi) is 8.09. The van der Waals surface area contributed by atoms with Gasteiger partial charge in [0.1, 0.15) is 23.3 Å². The Morgan fingerprint density at radius 3 is 2.56 bits per heavy atom. The number of thioether (sulfide) groups is 1. The number of rotatable bonds is 9. The van der Waals surface area contributed by atoms with Crippen LogP contribution in [0.1, 0.15) is 22.7 Å². The third-order valence-electron chi connectivity index (χ3n) is 5.53. The quantitative estimate of drug-likeness (QED) is 0.297. The van der Waals surface area contributed by atoms with Crippen LogP contribution in [-0.4, -0.2) is 66.3 Å². The number of piperazine rings is 1. The molecule has 1 aliphatic rings. The van der Waals surface area contributed by atoms with Crippen molar-refractivity contribution < 1.29 is 9.47 Å². The molecular formula is C23H31N7O2S2. The van der Waals surface area contributed by atoms with Gasteiger partial charge in [-0.25, -0.2) is 15.0 Å². The molecule has 0 bridgehead atoms. The zero-order valence-electron chi connectivity index (χ0n) is 19.7. The molecule has 0 aliphatic carbocycles. The molecular weight excluding hydrogens is 470 g/mol. The molecule has 182 valence electrons. The smallest absolute Gasteiger partial charge is 0.192 e. The Bertz CT molecular complexity index is 1100. The highest BCUT2D eigenvalue weighted by molar-refractivity contribution is 7.99. The van der Waals surface area contributed by atoms with Crippen molar-refractivity contribution in [1.82, 2.24) is 25.2 Å². The summed E-state index contributed by atoms with van der Waals surface area (Å²) in [6, 6.07) is 7.52. The first-order valence-electron chi connectivity index (χ1n) is 11.2. The van der Waals surface area contributed by atoms with Crippen LogP contribution in [0.25, 0.3) is 10.6 Å². The molecule has 0 radical (unpaired) electrons. The Labute approximate surface area is 208 Å². The first kappa shape index (κ1) is 24.5. The lowest BCUT2D eigenvalue weighted by Crippen LogP contribution is -2.44. The van der Waals surface area contributed by atoms with Gasteiger partial charge in [0.15, 0.2) is 16.7 Å². The number of nitrogens with zero attached hydrogens (tertiary/aromatic N) is 4. The molecule has 0 saturated carbocycles. The zero-order chi connectivity index (χ0) is 24.1. The van der Waals surface area contributed by atoms with Crippen molar-refractivity contribution in [2.24, 2.45) is 0 Å². The fourth-order valence-electron chi connectivity index (χ4n) is 3.78. The number of aromatic nitrogens is 3. The van der Waals surface area contributed by atoms with Crippen LogP contribution in [0.3, 0.4) is 0 Å². The van der Waals surface area contributed by atoms with Gasteiger partial charge < -0.3 is 26.3 Å². The first-order chi connectivity index (χ1) is 16.4. The number of aryl methyl sites for hydroxylation is 1. The third kappa shape index (κ3) is 6.09. The third-order valence-corrected chi connectivity index (χ3v) is 7.54. The predicted molar refractivity (Wildman–Crippen MR) is 139 cm³/mol. The number of nitrogens with two attached hydrogens (primary N) is 2. The Balaban J connectivity index is 1.48. The molecule has 34 heavy (non-hydrogen) atoms. The minimum atomic E-state index is 0.0409. The van der Waals surface area contributed by atoms with Gasteiger partial charge in [0.25, 0.3) is 0 Å². The van der Waals surface area contributed by atoms with E-state index in [-0.39, 0.29) is 5.25 Å². The van der Waals surface area contributed by atoms with Gasteiger partial charge in [-0.1, -0.05) is 11.8 Å². The zero-order valence-corrected chi connectivity index (χ0v) is 21.3. The van der Waals surface area contributed by atoms with Gasteiger partial charge in [-0.05, 0) is 32.0 Å². The number of nitrogens with one attached hydrogen (secondary N) is 1. The summed E-state index contributed by atoms with van der Waals surface area (Å²) >= 11 is 3.14. The molecule has 3 aromatic rings. The highest BCUT2D eigenvalue weighted by Crippen LogP contribution is 2.40. The largest absolute Gasteiger partial charge is 0.493 e. The van der Waals surface area contributed by atoms with Crippen molar-refractivity contribution in [3.8, 4) is 22.1 Å². The van der Waals surface area contributed by atoms with Crippen molar-refractivity contribution in [3.63, 3.8) is 0 Å². The van der Waals surface area contributed by atoms with Gasteiger partial charge in [0, 0.05) is 49.2 Å². The van der Waals surface area contributed by atoms with Gasteiger partial charge in [0.05, 0.1) is 18.1 Å². The monoisotopic (exact) mass is 501 g/mol. The van der Waals surface area contributed by atoms with Crippen molar-refractivity contribution in [3.05, 3.63) is 34.8 Å². The summed E-state index contributed by atoms with van der Waals surface area (Å²) in [5.41, 5.74) is 13.6. The lowest BCUT2D eigenvalue weighted by molar-refractivity contribution is 0.188. The normalized spacial score (nSPS) is 15.3. The van der Waals surface area contributed by atoms with Crippen LogP contribution < -0.4 is 26.3 Å². The molecule has 11 heteroatoms. The van der Waals surface area contributed by atoms with Gasteiger partial charge in [-0.3, -0.25) is 4.90 Å². The molecule has 1 aromatic carbocycles. The topological polar surface area (TPSA) is 124 Å². The second kappa shape index (κ2) is 11.2. The van der Waals surface area contributed by atoms with Crippen molar-refractivity contribution in [2.75, 3.05) is 57.9 Å². The van der Waals surface area contributed by atoms with Crippen LogP contribution in [0.2, 0.25) is 0 Å². The van der Waals surface area contributed by atoms with E-state index in [0.29, 0.717) is 23.4 Å². The number of ether oxygens (including phenoxy) is 2. The summed E-state index contributed by atoms with van der Waals surface area (Å²) in [6.45, 7) is 9.81. The molecule has 0 spiro atoms. The second-order valence-electron chi connectivity index (χ2n) is 8.03. The lowest BCUT2D eigenvalue weighted by atomic mass is 10.2. The summed E-state index contributed by atoms with van der Waals surface area (Å²) in [5.74, 6) is 2.18. The van der Waals surface area contributed by atoms with E-state index in [1.165, 1.54) is 11.8 Å². The van der Waals surface area contributed by atoms with E-state index >= 15 is 0 Å². The molecule has 4 rings (SSSR count). The average Bonchev–Trinajstić information content (AvgIpc) is 3.21. The fourth-order valence-corrected chi connectivity index (χ4v) is 5.83. The molecule has 0 amide bonds. The molecule has 3 heterocycles. The van der Waals surface area contributed by atoms with Crippen LogP contribution in [0, 0.1) is 6.92 Å². The summed E-state index contributed by atoms with van der Waals surface area (Å²) < 4.78 is 11.7. The molecule has 0 unspecified atom stereocenters. The van der Waals surface area contributed by atoms with Gasteiger partial charge >= 0.3 is 0 Å². The predicted octanol–water partition coefficient (Wildman–Crippen LogP) is 3.22. The van der Waals surface area contributed by atoms with E-state index in [2.05, 4.69) is 34.0 Å². The van der Waals surface area contributed by atoms with E-state index in [9.17, 15) is 0 Å². The van der Waals surface area contributed by atoms with E-state index in [1.807, 2.05) is 18.2 Å². The number of anilines is 2. The number of hydrogen-bond donors (Lipinski definition) is 3. The lowest BCUT2D eigenvalue weighted by Gasteiger charge is -2.27.